The summed E-state index contributed by atoms with van der Waals surface area (Å²) in [4.78, 5) is 2.06. The van der Waals surface area contributed by atoms with E-state index in [9.17, 15) is 13.2 Å². The third-order valence-electron chi connectivity index (χ3n) is 4.20. The number of hydrogen-bond acceptors (Lipinski definition) is 4. The van der Waals surface area contributed by atoms with E-state index in [2.05, 4.69) is 21.0 Å². The van der Waals surface area contributed by atoms with E-state index < -0.39 is 6.36 Å². The Kier molecular flexibility index (Phi) is 5.08. The van der Waals surface area contributed by atoms with Gasteiger partial charge in [0, 0.05) is 43.6 Å². The summed E-state index contributed by atoms with van der Waals surface area (Å²) in [6.45, 7) is 1.83. The molecule has 138 valence electrons. The zero-order valence-electron chi connectivity index (χ0n) is 14.3. The predicted molar refractivity (Wildman–Crippen MR) is 96.6 cm³/mol. The molecule has 0 saturated carbocycles. The first-order valence-electron chi connectivity index (χ1n) is 8.22. The van der Waals surface area contributed by atoms with Gasteiger partial charge in [0.2, 0.25) is 0 Å². The van der Waals surface area contributed by atoms with Crippen molar-refractivity contribution >= 4 is 17.5 Å². The van der Waals surface area contributed by atoms with Crippen molar-refractivity contribution in [2.24, 2.45) is 5.73 Å². The second-order valence-electron chi connectivity index (χ2n) is 6.05. The fourth-order valence-corrected chi connectivity index (χ4v) is 2.92. The number of anilines is 1. The quantitative estimate of drug-likeness (QED) is 0.853. The summed E-state index contributed by atoms with van der Waals surface area (Å²) >= 11 is 0. The summed E-state index contributed by atoms with van der Waals surface area (Å²) < 4.78 is 42.1. The van der Waals surface area contributed by atoms with E-state index in [1.54, 1.807) is 12.1 Å². The van der Waals surface area contributed by atoms with Gasteiger partial charge in [-0.1, -0.05) is 18.2 Å². The first-order valence-corrected chi connectivity index (χ1v) is 8.22. The maximum absolute atomic E-state index is 12.6. The zero-order chi connectivity index (χ0) is 18.7. The van der Waals surface area contributed by atoms with Crippen LogP contribution >= 0.6 is 0 Å². The number of hydrogen-bond donors (Lipinski definition) is 2. The van der Waals surface area contributed by atoms with E-state index >= 15 is 0 Å². The number of alkyl halides is 3. The third-order valence-corrected chi connectivity index (χ3v) is 4.20. The van der Waals surface area contributed by atoms with E-state index in [1.165, 1.54) is 12.1 Å². The zero-order valence-corrected chi connectivity index (χ0v) is 14.3. The van der Waals surface area contributed by atoms with Gasteiger partial charge in [-0.2, -0.15) is 0 Å². The molecule has 4 nitrogen and oxygen atoms in total. The molecule has 1 aliphatic heterocycles. The van der Waals surface area contributed by atoms with E-state index in [0.717, 1.165) is 23.4 Å². The molecule has 0 spiro atoms. The smallest absolute Gasteiger partial charge is 0.405 e. The molecule has 0 bridgehead atoms. The van der Waals surface area contributed by atoms with Gasteiger partial charge in [0.05, 0.1) is 0 Å². The SMILES string of the molecule is CN(CCN)c1ccc2c(c1)CNC(c1ccccc1OC(F)(F)F)=C2. The van der Waals surface area contributed by atoms with Crippen molar-refractivity contribution in [3.63, 3.8) is 0 Å². The van der Waals surface area contributed by atoms with Gasteiger partial charge in [0.25, 0.3) is 0 Å². The molecule has 3 rings (SSSR count). The van der Waals surface area contributed by atoms with Crippen LogP contribution in [0.5, 0.6) is 5.75 Å². The summed E-state index contributed by atoms with van der Waals surface area (Å²) in [5.74, 6) is -0.221. The van der Waals surface area contributed by atoms with E-state index in [1.807, 2.05) is 25.3 Å². The molecule has 7 heteroatoms. The van der Waals surface area contributed by atoms with Crippen molar-refractivity contribution in [1.82, 2.24) is 5.32 Å². The molecule has 0 aliphatic carbocycles. The molecular formula is C19H20F3N3O. The molecule has 2 aromatic carbocycles. The largest absolute Gasteiger partial charge is 0.573 e. The van der Waals surface area contributed by atoms with Gasteiger partial charge in [-0.25, -0.2) is 0 Å². The van der Waals surface area contributed by atoms with Crippen molar-refractivity contribution in [2.45, 2.75) is 12.9 Å². The molecule has 1 aliphatic rings. The first-order chi connectivity index (χ1) is 12.4. The Morgan fingerprint density at radius 1 is 1.19 bits per heavy atom. The molecular weight excluding hydrogens is 343 g/mol. The van der Waals surface area contributed by atoms with Gasteiger partial charge < -0.3 is 20.7 Å². The lowest BCUT2D eigenvalue weighted by Gasteiger charge is -2.24. The fraction of sp³-hybridized carbons (Fsp3) is 0.263. The van der Waals surface area contributed by atoms with Crippen molar-refractivity contribution in [2.75, 3.05) is 25.0 Å². The number of benzene rings is 2. The second kappa shape index (κ2) is 7.29. The number of likely N-dealkylation sites (N-methyl/N-ethyl adjacent to an activating group) is 1. The number of nitrogens with zero attached hydrogens (tertiary/aromatic N) is 1. The average molecular weight is 363 g/mol. The van der Waals surface area contributed by atoms with E-state index in [0.29, 0.717) is 24.4 Å². The molecule has 0 amide bonds. The minimum atomic E-state index is -4.73. The number of fused-ring (bicyclic) bond motifs is 1. The number of para-hydroxylation sites is 1. The Morgan fingerprint density at radius 2 is 1.96 bits per heavy atom. The fourth-order valence-electron chi connectivity index (χ4n) is 2.92. The van der Waals surface area contributed by atoms with Crippen LogP contribution in [0.4, 0.5) is 18.9 Å². The second-order valence-corrected chi connectivity index (χ2v) is 6.05. The molecule has 26 heavy (non-hydrogen) atoms. The van der Waals surface area contributed by atoms with Crippen LogP contribution in [-0.2, 0) is 6.54 Å². The van der Waals surface area contributed by atoms with Gasteiger partial charge in [-0.3, -0.25) is 0 Å². The molecule has 2 aromatic rings. The van der Waals surface area contributed by atoms with Crippen molar-refractivity contribution < 1.29 is 17.9 Å². The van der Waals surface area contributed by atoms with Crippen LogP contribution in [0.1, 0.15) is 16.7 Å². The number of nitrogens with one attached hydrogen (secondary N) is 1. The molecule has 0 aromatic heterocycles. The number of rotatable bonds is 5. The van der Waals surface area contributed by atoms with Crippen LogP contribution in [0.25, 0.3) is 11.8 Å². The first kappa shape index (κ1) is 18.1. The van der Waals surface area contributed by atoms with Crippen LogP contribution in [-0.4, -0.2) is 26.5 Å². The molecule has 3 N–H and O–H groups in total. The van der Waals surface area contributed by atoms with Crippen LogP contribution in [0.3, 0.4) is 0 Å². The molecule has 0 atom stereocenters. The Bertz CT molecular complexity index is 818. The minimum Gasteiger partial charge on any atom is -0.405 e. The summed E-state index contributed by atoms with van der Waals surface area (Å²) in [6, 6.07) is 12.1. The average Bonchev–Trinajstić information content (AvgIpc) is 2.60. The van der Waals surface area contributed by atoms with Crippen LogP contribution < -0.4 is 20.7 Å². The minimum absolute atomic E-state index is 0.221. The van der Waals surface area contributed by atoms with Gasteiger partial charge >= 0.3 is 6.36 Å². The van der Waals surface area contributed by atoms with Crippen molar-refractivity contribution in [3.05, 3.63) is 59.2 Å². The molecule has 0 unspecified atom stereocenters. The Morgan fingerprint density at radius 3 is 2.69 bits per heavy atom. The standard InChI is InChI=1S/C19H20F3N3O/c1-25(9-8-23)15-7-6-13-11-17(24-12-14(13)10-15)16-4-2-3-5-18(16)26-19(20,21)22/h2-7,10-11,24H,8-9,12,23H2,1H3. The van der Waals surface area contributed by atoms with Gasteiger partial charge in [-0.05, 0) is 41.5 Å². The highest BCUT2D eigenvalue weighted by Crippen LogP contribution is 2.33. The number of ether oxygens (including phenoxy) is 1. The highest BCUT2D eigenvalue weighted by Gasteiger charge is 2.32. The summed E-state index contributed by atoms with van der Waals surface area (Å²) in [6.07, 6.45) is -2.89. The van der Waals surface area contributed by atoms with Gasteiger partial charge in [-0.15, -0.1) is 13.2 Å². The van der Waals surface area contributed by atoms with Crippen molar-refractivity contribution in [3.8, 4) is 5.75 Å². The molecule has 0 saturated heterocycles. The van der Waals surface area contributed by atoms with Crippen LogP contribution in [0, 0.1) is 0 Å². The molecule has 1 heterocycles. The lowest BCUT2D eigenvalue weighted by molar-refractivity contribution is -0.274. The Balaban J connectivity index is 1.91. The summed E-state index contributed by atoms with van der Waals surface area (Å²) in [5, 5.41) is 3.19. The highest BCUT2D eigenvalue weighted by atomic mass is 19.4. The third kappa shape index (κ3) is 4.11. The van der Waals surface area contributed by atoms with E-state index in [4.69, 9.17) is 5.73 Å². The maximum atomic E-state index is 12.6. The van der Waals surface area contributed by atoms with Gasteiger partial charge in [0.15, 0.2) is 0 Å². The Hall–Kier alpha value is -2.67. The lowest BCUT2D eigenvalue weighted by Crippen LogP contribution is -2.25. The Labute approximate surface area is 150 Å². The monoisotopic (exact) mass is 363 g/mol. The van der Waals surface area contributed by atoms with Crippen LogP contribution in [0.15, 0.2) is 42.5 Å². The maximum Gasteiger partial charge on any atom is 0.573 e. The normalized spacial score (nSPS) is 13.5. The lowest BCUT2D eigenvalue weighted by atomic mass is 9.98. The topological polar surface area (TPSA) is 50.5 Å². The van der Waals surface area contributed by atoms with E-state index in [-0.39, 0.29) is 5.75 Å². The highest BCUT2D eigenvalue weighted by molar-refractivity contribution is 5.85. The van der Waals surface area contributed by atoms with Crippen molar-refractivity contribution in [1.29, 1.82) is 0 Å². The number of halogens is 3. The predicted octanol–water partition coefficient (Wildman–Crippen LogP) is 3.58. The molecule has 0 fully saturated rings. The number of nitrogens with two attached hydrogens (primary N) is 1. The summed E-state index contributed by atoms with van der Waals surface area (Å²) in [5.41, 5.74) is 9.65. The van der Waals surface area contributed by atoms with Crippen LogP contribution in [0.2, 0.25) is 0 Å². The van der Waals surface area contributed by atoms with Gasteiger partial charge in [0.1, 0.15) is 5.75 Å². The summed E-state index contributed by atoms with van der Waals surface area (Å²) in [7, 11) is 1.97. The molecule has 0 radical (unpaired) electrons.